The summed E-state index contributed by atoms with van der Waals surface area (Å²) in [7, 11) is 0. The third kappa shape index (κ3) is 2.04. The van der Waals surface area contributed by atoms with Crippen LogP contribution in [0.15, 0.2) is 24.3 Å². The molecule has 0 fully saturated rings. The minimum Gasteiger partial charge on any atom is -0.492 e. The fraction of sp³-hybridized carbons (Fsp3) is 0.231. The van der Waals surface area contributed by atoms with Gasteiger partial charge in [0.05, 0.1) is 17.0 Å². The monoisotopic (exact) mass is 274 g/mol. The summed E-state index contributed by atoms with van der Waals surface area (Å²) < 4.78 is 8.31. The molecule has 2 N–H and O–H groups in total. The van der Waals surface area contributed by atoms with E-state index < -0.39 is 0 Å². The molecular weight excluding hydrogens is 260 g/mol. The van der Waals surface area contributed by atoms with Gasteiger partial charge >= 0.3 is 0 Å². The van der Waals surface area contributed by atoms with Crippen molar-refractivity contribution in [3.63, 3.8) is 0 Å². The number of nitrogens with two attached hydrogens (primary N) is 1. The second kappa shape index (κ2) is 4.55. The topological polar surface area (TPSA) is 66.0 Å². The number of rotatable bonds is 3. The molecule has 0 saturated carbocycles. The molecule has 0 aliphatic heterocycles. The molecule has 0 aliphatic carbocycles. The molecule has 3 aromatic rings. The van der Waals surface area contributed by atoms with Crippen LogP contribution >= 0.6 is 11.3 Å². The zero-order valence-corrected chi connectivity index (χ0v) is 11.6. The van der Waals surface area contributed by atoms with Crippen LogP contribution in [0, 0.1) is 6.92 Å². The molecule has 98 valence electrons. The van der Waals surface area contributed by atoms with E-state index in [1.807, 2.05) is 38.1 Å². The van der Waals surface area contributed by atoms with Gasteiger partial charge in [-0.05, 0) is 26.0 Å². The van der Waals surface area contributed by atoms with E-state index in [9.17, 15) is 0 Å². The van der Waals surface area contributed by atoms with Crippen molar-refractivity contribution < 1.29 is 4.74 Å². The Kier molecular flexibility index (Phi) is 2.87. The Hall–Kier alpha value is -2.08. The smallest absolute Gasteiger partial charge is 0.213 e. The van der Waals surface area contributed by atoms with Gasteiger partial charge in [-0.1, -0.05) is 17.4 Å². The molecule has 0 bridgehead atoms. The average molecular weight is 274 g/mol. The Balaban J connectivity index is 2.16. The number of fused-ring (bicyclic) bond motifs is 1. The van der Waals surface area contributed by atoms with Crippen molar-refractivity contribution in [2.45, 2.75) is 13.8 Å². The SMILES string of the molecule is CCOc1cccc2sc(-n3nc(C)cc3N)nc12. The lowest BCUT2D eigenvalue weighted by Crippen LogP contribution is -2.01. The zero-order chi connectivity index (χ0) is 13.4. The number of thiazole rings is 1. The standard InChI is InChI=1S/C13H14N4OS/c1-3-18-9-5-4-6-10-12(9)15-13(19-10)17-11(14)7-8(2)16-17/h4-7H,3,14H2,1-2H3. The quantitative estimate of drug-likeness (QED) is 0.797. The molecule has 0 atom stereocenters. The summed E-state index contributed by atoms with van der Waals surface area (Å²) in [5, 5.41) is 5.11. The van der Waals surface area contributed by atoms with Crippen LogP contribution in [0.4, 0.5) is 5.82 Å². The Bertz CT molecular complexity index is 731. The predicted molar refractivity (Wildman–Crippen MR) is 77.1 cm³/mol. The number of ether oxygens (including phenoxy) is 1. The van der Waals surface area contributed by atoms with E-state index in [0.29, 0.717) is 12.4 Å². The molecule has 19 heavy (non-hydrogen) atoms. The summed E-state index contributed by atoms with van der Waals surface area (Å²) in [4.78, 5) is 4.59. The van der Waals surface area contributed by atoms with Gasteiger partial charge in [0, 0.05) is 6.07 Å². The van der Waals surface area contributed by atoms with E-state index >= 15 is 0 Å². The van der Waals surface area contributed by atoms with Crippen molar-refractivity contribution in [3.8, 4) is 10.9 Å². The summed E-state index contributed by atoms with van der Waals surface area (Å²) in [5.74, 6) is 1.39. The minimum absolute atomic E-state index is 0.592. The van der Waals surface area contributed by atoms with Crippen molar-refractivity contribution in [1.29, 1.82) is 0 Å². The van der Waals surface area contributed by atoms with Gasteiger partial charge in [0.2, 0.25) is 5.13 Å². The Morgan fingerprint density at radius 2 is 2.26 bits per heavy atom. The number of anilines is 1. The predicted octanol–water partition coefficient (Wildman–Crippen LogP) is 2.77. The van der Waals surface area contributed by atoms with Crippen molar-refractivity contribution in [1.82, 2.24) is 14.8 Å². The van der Waals surface area contributed by atoms with Crippen molar-refractivity contribution >= 4 is 27.4 Å². The first-order valence-electron chi connectivity index (χ1n) is 6.04. The van der Waals surface area contributed by atoms with Gasteiger partial charge in [-0.2, -0.15) is 9.78 Å². The highest BCUT2D eigenvalue weighted by Gasteiger charge is 2.12. The van der Waals surface area contributed by atoms with Crippen LogP contribution in [-0.2, 0) is 0 Å². The van der Waals surface area contributed by atoms with E-state index in [0.717, 1.165) is 26.8 Å². The molecule has 0 saturated heterocycles. The lowest BCUT2D eigenvalue weighted by atomic mass is 10.3. The maximum atomic E-state index is 5.93. The van der Waals surface area contributed by atoms with Crippen LogP contribution in [0.2, 0.25) is 0 Å². The van der Waals surface area contributed by atoms with E-state index in [1.54, 1.807) is 16.0 Å². The van der Waals surface area contributed by atoms with E-state index in [1.165, 1.54) is 0 Å². The third-order valence-electron chi connectivity index (χ3n) is 2.71. The summed E-state index contributed by atoms with van der Waals surface area (Å²) in [6.07, 6.45) is 0. The van der Waals surface area contributed by atoms with Crippen LogP contribution in [0.3, 0.4) is 0 Å². The number of hydrogen-bond donors (Lipinski definition) is 1. The average Bonchev–Trinajstić information content (AvgIpc) is 2.93. The normalized spacial score (nSPS) is 11.1. The van der Waals surface area contributed by atoms with Crippen molar-refractivity contribution in [2.75, 3.05) is 12.3 Å². The number of benzene rings is 1. The van der Waals surface area contributed by atoms with E-state index in [2.05, 4.69) is 10.1 Å². The lowest BCUT2D eigenvalue weighted by molar-refractivity contribution is 0.343. The first kappa shape index (κ1) is 12.0. The van der Waals surface area contributed by atoms with Crippen LogP contribution in [0.25, 0.3) is 15.3 Å². The van der Waals surface area contributed by atoms with E-state index in [-0.39, 0.29) is 0 Å². The van der Waals surface area contributed by atoms with Crippen molar-refractivity contribution in [2.24, 2.45) is 0 Å². The molecule has 0 radical (unpaired) electrons. The van der Waals surface area contributed by atoms with Gasteiger partial charge < -0.3 is 10.5 Å². The molecule has 0 amide bonds. The number of hydrogen-bond acceptors (Lipinski definition) is 5. The van der Waals surface area contributed by atoms with Crippen LogP contribution in [0.1, 0.15) is 12.6 Å². The zero-order valence-electron chi connectivity index (χ0n) is 10.8. The third-order valence-corrected chi connectivity index (χ3v) is 3.71. The highest BCUT2D eigenvalue weighted by Crippen LogP contribution is 2.32. The Morgan fingerprint density at radius 3 is 2.95 bits per heavy atom. The molecule has 0 unspecified atom stereocenters. The minimum atomic E-state index is 0.592. The molecule has 0 aliphatic rings. The number of aryl methyl sites for hydroxylation is 1. The lowest BCUT2D eigenvalue weighted by Gasteiger charge is -2.02. The Labute approximate surface area is 114 Å². The van der Waals surface area contributed by atoms with Gasteiger partial charge in [0.1, 0.15) is 17.1 Å². The fourth-order valence-corrected chi connectivity index (χ4v) is 2.90. The fourth-order valence-electron chi connectivity index (χ4n) is 1.95. The van der Waals surface area contributed by atoms with Gasteiger partial charge in [-0.25, -0.2) is 4.98 Å². The molecule has 2 aromatic heterocycles. The van der Waals surface area contributed by atoms with Crippen LogP contribution in [0.5, 0.6) is 5.75 Å². The second-order valence-corrected chi connectivity index (χ2v) is 5.16. The maximum Gasteiger partial charge on any atom is 0.213 e. The summed E-state index contributed by atoms with van der Waals surface area (Å²) in [6.45, 7) is 4.49. The number of para-hydroxylation sites is 1. The summed E-state index contributed by atoms with van der Waals surface area (Å²) >= 11 is 1.55. The van der Waals surface area contributed by atoms with Gasteiger partial charge in [0.25, 0.3) is 0 Å². The summed E-state index contributed by atoms with van der Waals surface area (Å²) in [6, 6.07) is 7.74. The maximum absolute atomic E-state index is 5.93. The molecule has 3 rings (SSSR count). The Morgan fingerprint density at radius 1 is 1.42 bits per heavy atom. The molecule has 5 nitrogen and oxygen atoms in total. The second-order valence-electron chi connectivity index (χ2n) is 4.15. The molecule has 6 heteroatoms. The largest absolute Gasteiger partial charge is 0.492 e. The first-order valence-corrected chi connectivity index (χ1v) is 6.85. The molecule has 2 heterocycles. The van der Waals surface area contributed by atoms with Crippen molar-refractivity contribution in [3.05, 3.63) is 30.0 Å². The van der Waals surface area contributed by atoms with E-state index in [4.69, 9.17) is 10.5 Å². The number of aromatic nitrogens is 3. The van der Waals surface area contributed by atoms with Gasteiger partial charge in [-0.15, -0.1) is 0 Å². The summed E-state index contributed by atoms with van der Waals surface area (Å²) in [5.41, 5.74) is 7.66. The van der Waals surface area contributed by atoms with Gasteiger partial charge in [-0.3, -0.25) is 0 Å². The van der Waals surface area contributed by atoms with Gasteiger partial charge in [0.15, 0.2) is 0 Å². The highest BCUT2D eigenvalue weighted by molar-refractivity contribution is 7.20. The highest BCUT2D eigenvalue weighted by atomic mass is 32.1. The number of nitrogen functional groups attached to an aromatic ring is 1. The first-order chi connectivity index (χ1) is 9.19. The number of nitrogens with zero attached hydrogens (tertiary/aromatic N) is 3. The van der Waals surface area contributed by atoms with Crippen LogP contribution in [-0.4, -0.2) is 21.4 Å². The molecule has 0 spiro atoms. The molecular formula is C13H14N4OS. The molecule has 1 aromatic carbocycles. The van der Waals surface area contributed by atoms with Crippen LogP contribution < -0.4 is 10.5 Å².